The lowest BCUT2D eigenvalue weighted by molar-refractivity contribution is -0.124. The van der Waals surface area contributed by atoms with Crippen molar-refractivity contribution < 1.29 is 4.79 Å². The van der Waals surface area contributed by atoms with Crippen LogP contribution in [0.5, 0.6) is 0 Å². The molecule has 1 aliphatic rings. The van der Waals surface area contributed by atoms with Crippen LogP contribution in [-0.2, 0) is 4.79 Å². The van der Waals surface area contributed by atoms with Crippen molar-refractivity contribution in [2.45, 2.75) is 58.4 Å². The van der Waals surface area contributed by atoms with Crippen LogP contribution in [0.4, 0.5) is 5.69 Å². The molecule has 2 unspecified atom stereocenters. The van der Waals surface area contributed by atoms with Gasteiger partial charge in [0.05, 0.1) is 8.07 Å². The first-order valence-electron chi connectivity index (χ1n) is 8.42. The van der Waals surface area contributed by atoms with Gasteiger partial charge >= 0.3 is 0 Å². The number of para-hydroxylation sites is 1. The Morgan fingerprint density at radius 1 is 1.18 bits per heavy atom. The smallest absolute Gasteiger partial charge is 0.133 e. The maximum absolute atomic E-state index is 12.1. The highest BCUT2D eigenvalue weighted by Gasteiger charge is 2.46. The van der Waals surface area contributed by atoms with Gasteiger partial charge in [-0.1, -0.05) is 51.7 Å². The van der Waals surface area contributed by atoms with E-state index in [1.165, 1.54) is 5.69 Å². The standard InChI is InChI=1S/C19H31NOSi/c1-19(2)13-12-16(21)14-17(19)18(22(4,5)6)20(3)15-10-8-7-9-11-15/h7-11,17-18H,12-14H2,1-6H3. The van der Waals surface area contributed by atoms with Gasteiger partial charge in [0.25, 0.3) is 0 Å². The first kappa shape index (κ1) is 17.3. The first-order valence-corrected chi connectivity index (χ1v) is 12.0. The maximum Gasteiger partial charge on any atom is 0.133 e. The Bertz CT molecular complexity index is 518. The molecule has 2 nitrogen and oxygen atoms in total. The van der Waals surface area contributed by atoms with Crippen molar-refractivity contribution in [3.8, 4) is 0 Å². The molecular formula is C19H31NOSi. The number of hydrogen-bond acceptors (Lipinski definition) is 2. The van der Waals surface area contributed by atoms with E-state index < -0.39 is 8.07 Å². The van der Waals surface area contributed by atoms with Gasteiger partial charge in [-0.15, -0.1) is 0 Å². The van der Waals surface area contributed by atoms with E-state index >= 15 is 0 Å². The van der Waals surface area contributed by atoms with Crippen molar-refractivity contribution in [2.75, 3.05) is 11.9 Å². The van der Waals surface area contributed by atoms with Crippen LogP contribution >= 0.6 is 0 Å². The lowest BCUT2D eigenvalue weighted by Crippen LogP contribution is -2.58. The molecule has 0 aliphatic heterocycles. The van der Waals surface area contributed by atoms with Crippen molar-refractivity contribution in [3.05, 3.63) is 30.3 Å². The molecule has 1 saturated carbocycles. The summed E-state index contributed by atoms with van der Waals surface area (Å²) in [6.45, 7) is 12.0. The average Bonchev–Trinajstić information content (AvgIpc) is 2.43. The van der Waals surface area contributed by atoms with Crippen LogP contribution in [-0.4, -0.2) is 26.6 Å². The van der Waals surface area contributed by atoms with Crippen molar-refractivity contribution in [1.82, 2.24) is 0 Å². The minimum absolute atomic E-state index is 0.238. The normalized spacial score (nSPS) is 23.2. The van der Waals surface area contributed by atoms with Crippen LogP contribution in [0.15, 0.2) is 30.3 Å². The highest BCUT2D eigenvalue weighted by Crippen LogP contribution is 2.45. The van der Waals surface area contributed by atoms with Gasteiger partial charge < -0.3 is 4.90 Å². The molecule has 2 rings (SSSR count). The fraction of sp³-hybridized carbons (Fsp3) is 0.632. The van der Waals surface area contributed by atoms with Crippen molar-refractivity contribution >= 4 is 19.5 Å². The molecule has 0 aromatic heterocycles. The summed E-state index contributed by atoms with van der Waals surface area (Å²) < 4.78 is 0. The molecule has 2 atom stereocenters. The highest BCUT2D eigenvalue weighted by molar-refractivity contribution is 6.78. The summed E-state index contributed by atoms with van der Waals surface area (Å²) in [5.41, 5.74) is 1.99. The van der Waals surface area contributed by atoms with E-state index in [1.807, 2.05) is 0 Å². The summed E-state index contributed by atoms with van der Waals surface area (Å²) in [5, 5.41) is 0. The van der Waals surface area contributed by atoms with E-state index in [2.05, 4.69) is 75.8 Å². The van der Waals surface area contributed by atoms with Crippen LogP contribution in [0.2, 0.25) is 19.6 Å². The van der Waals surface area contributed by atoms with Crippen LogP contribution in [0, 0.1) is 11.3 Å². The SMILES string of the molecule is CN(c1ccccc1)C(C1CC(=O)CCC1(C)C)[Si](C)(C)C. The van der Waals surface area contributed by atoms with Gasteiger partial charge in [0.2, 0.25) is 0 Å². The monoisotopic (exact) mass is 317 g/mol. The third kappa shape index (κ3) is 3.62. The Kier molecular flexibility index (Phi) is 4.86. The Hall–Kier alpha value is -1.09. The Morgan fingerprint density at radius 2 is 1.77 bits per heavy atom. The van der Waals surface area contributed by atoms with Crippen molar-refractivity contribution in [3.63, 3.8) is 0 Å². The van der Waals surface area contributed by atoms with Gasteiger partial charge in [0, 0.05) is 31.2 Å². The Morgan fingerprint density at radius 3 is 2.32 bits per heavy atom. The molecule has 0 heterocycles. The molecule has 0 amide bonds. The van der Waals surface area contributed by atoms with Gasteiger partial charge in [-0.25, -0.2) is 0 Å². The third-order valence-electron chi connectivity index (χ3n) is 5.35. The van der Waals surface area contributed by atoms with E-state index in [-0.39, 0.29) is 5.41 Å². The molecule has 22 heavy (non-hydrogen) atoms. The topological polar surface area (TPSA) is 20.3 Å². The van der Waals surface area contributed by atoms with Crippen LogP contribution in [0.1, 0.15) is 33.1 Å². The van der Waals surface area contributed by atoms with E-state index in [1.54, 1.807) is 0 Å². The number of nitrogens with zero attached hydrogens (tertiary/aromatic N) is 1. The summed E-state index contributed by atoms with van der Waals surface area (Å²) in [6, 6.07) is 10.6. The average molecular weight is 318 g/mol. The van der Waals surface area contributed by atoms with E-state index in [4.69, 9.17) is 0 Å². The minimum atomic E-state index is -1.46. The molecule has 3 heteroatoms. The van der Waals surface area contributed by atoms with Gasteiger partial charge in [-0.05, 0) is 29.9 Å². The van der Waals surface area contributed by atoms with Crippen molar-refractivity contribution in [1.29, 1.82) is 0 Å². The second-order valence-electron chi connectivity index (χ2n) is 8.60. The van der Waals surface area contributed by atoms with Crippen LogP contribution in [0.25, 0.3) is 0 Å². The lowest BCUT2D eigenvalue weighted by atomic mass is 9.68. The minimum Gasteiger partial charge on any atom is -0.374 e. The molecular weight excluding hydrogens is 286 g/mol. The zero-order chi connectivity index (χ0) is 16.5. The predicted molar refractivity (Wildman–Crippen MR) is 98.1 cm³/mol. The van der Waals surface area contributed by atoms with E-state index in [9.17, 15) is 4.79 Å². The largest absolute Gasteiger partial charge is 0.374 e. The molecule has 0 N–H and O–H groups in total. The summed E-state index contributed by atoms with van der Waals surface area (Å²) in [4.78, 5) is 14.6. The second kappa shape index (κ2) is 6.19. The fourth-order valence-corrected chi connectivity index (χ4v) is 7.17. The molecule has 1 fully saturated rings. The number of carbonyl (C=O) groups is 1. The second-order valence-corrected chi connectivity index (χ2v) is 13.9. The van der Waals surface area contributed by atoms with Gasteiger partial charge in [-0.3, -0.25) is 4.79 Å². The molecule has 0 spiro atoms. The maximum atomic E-state index is 12.1. The van der Waals surface area contributed by atoms with Gasteiger partial charge in [0.15, 0.2) is 0 Å². The highest BCUT2D eigenvalue weighted by atomic mass is 28.3. The Labute approximate surface area is 136 Å². The van der Waals surface area contributed by atoms with Crippen molar-refractivity contribution in [2.24, 2.45) is 11.3 Å². The lowest BCUT2D eigenvalue weighted by Gasteiger charge is -2.50. The number of anilines is 1. The molecule has 1 aromatic carbocycles. The predicted octanol–water partition coefficient (Wildman–Crippen LogP) is 4.76. The number of Topliss-reactive ketones (excluding diaryl/α,β-unsaturated/α-hetero) is 1. The summed E-state index contributed by atoms with van der Waals surface area (Å²) >= 11 is 0. The summed E-state index contributed by atoms with van der Waals surface area (Å²) in [6.07, 6.45) is 2.54. The number of benzene rings is 1. The zero-order valence-electron chi connectivity index (χ0n) is 15.0. The summed E-state index contributed by atoms with van der Waals surface area (Å²) in [7, 11) is 0.751. The third-order valence-corrected chi connectivity index (χ3v) is 7.91. The number of rotatable bonds is 4. The summed E-state index contributed by atoms with van der Waals surface area (Å²) in [5.74, 6) is 0.902. The van der Waals surface area contributed by atoms with E-state index in [0.717, 1.165) is 19.3 Å². The van der Waals surface area contributed by atoms with E-state index in [0.29, 0.717) is 17.4 Å². The number of ketones is 1. The fourth-order valence-electron chi connectivity index (χ4n) is 4.09. The Balaban J connectivity index is 2.40. The molecule has 122 valence electrons. The first-order chi connectivity index (χ1) is 10.1. The molecule has 1 aliphatic carbocycles. The van der Waals surface area contributed by atoms with Gasteiger partial charge in [-0.2, -0.15) is 0 Å². The zero-order valence-corrected chi connectivity index (χ0v) is 16.0. The molecule has 0 radical (unpaired) electrons. The quantitative estimate of drug-likeness (QED) is 0.746. The number of carbonyl (C=O) groups excluding carboxylic acids is 1. The molecule has 0 saturated heterocycles. The van der Waals surface area contributed by atoms with Gasteiger partial charge in [0.1, 0.15) is 5.78 Å². The van der Waals surface area contributed by atoms with Crippen LogP contribution in [0.3, 0.4) is 0 Å². The molecule has 0 bridgehead atoms. The van der Waals surface area contributed by atoms with Crippen LogP contribution < -0.4 is 4.90 Å². The number of hydrogen-bond donors (Lipinski definition) is 0. The molecule has 1 aromatic rings.